The Morgan fingerprint density at radius 3 is 2.94 bits per heavy atom. The van der Waals surface area contributed by atoms with E-state index in [-0.39, 0.29) is 11.4 Å². The molecule has 1 N–H and O–H groups in total. The van der Waals surface area contributed by atoms with Crippen molar-refractivity contribution in [1.29, 1.82) is 0 Å². The molecule has 1 saturated heterocycles. The number of hydrogen-bond donors (Lipinski definition) is 1. The minimum Gasteiger partial charge on any atom is -0.284 e. The number of nitrogens with zero attached hydrogens (tertiary/aromatic N) is 2. The van der Waals surface area contributed by atoms with Gasteiger partial charge in [-0.3, -0.25) is 15.2 Å². The van der Waals surface area contributed by atoms with Gasteiger partial charge < -0.3 is 0 Å². The summed E-state index contributed by atoms with van der Waals surface area (Å²) >= 11 is 0. The Balaban J connectivity index is 2.03. The molecule has 1 aliphatic rings. The maximum atomic E-state index is 11.9. The fourth-order valence-electron chi connectivity index (χ4n) is 2.00. The third kappa shape index (κ3) is 2.22. The second-order valence-corrected chi connectivity index (χ2v) is 4.75. The minimum atomic E-state index is -0.0805. The van der Waals surface area contributed by atoms with Gasteiger partial charge in [0.05, 0.1) is 5.56 Å². The number of aromatic nitrogens is 1. The summed E-state index contributed by atoms with van der Waals surface area (Å²) in [6.07, 6.45) is 5.48. The molecule has 0 saturated carbocycles. The molecule has 1 fully saturated rings. The number of amides is 1. The number of rotatable bonds is 2. The zero-order valence-corrected chi connectivity index (χ0v) is 9.73. The van der Waals surface area contributed by atoms with Gasteiger partial charge in [-0.05, 0) is 38.8 Å². The van der Waals surface area contributed by atoms with Crippen molar-refractivity contribution < 1.29 is 4.79 Å². The molecule has 4 heteroatoms. The molecular weight excluding hydrogens is 202 g/mol. The van der Waals surface area contributed by atoms with E-state index < -0.39 is 0 Å². The van der Waals surface area contributed by atoms with E-state index in [9.17, 15) is 4.79 Å². The molecule has 1 aromatic rings. The van der Waals surface area contributed by atoms with Gasteiger partial charge in [0.1, 0.15) is 0 Å². The molecule has 2 heterocycles. The Bertz CT molecular complexity index is 375. The first-order valence-electron chi connectivity index (χ1n) is 5.58. The van der Waals surface area contributed by atoms with E-state index in [1.54, 1.807) is 24.5 Å². The normalized spacial score (nSPS) is 19.6. The number of carbonyl (C=O) groups excluding carboxylic acids is 1. The first-order valence-corrected chi connectivity index (χ1v) is 5.58. The summed E-state index contributed by atoms with van der Waals surface area (Å²) in [7, 11) is 0. The molecule has 0 atom stereocenters. The molecule has 0 spiro atoms. The van der Waals surface area contributed by atoms with Crippen molar-refractivity contribution in [3.05, 3.63) is 30.1 Å². The summed E-state index contributed by atoms with van der Waals surface area (Å²) in [6.45, 7) is 5.20. The van der Waals surface area contributed by atoms with Crippen molar-refractivity contribution in [2.75, 3.05) is 6.54 Å². The van der Waals surface area contributed by atoms with E-state index >= 15 is 0 Å². The lowest BCUT2D eigenvalue weighted by atomic mass is 10.0. The average Bonchev–Trinajstić information content (AvgIpc) is 2.59. The lowest BCUT2D eigenvalue weighted by Gasteiger charge is -2.31. The van der Waals surface area contributed by atoms with Gasteiger partial charge in [-0.2, -0.15) is 0 Å². The van der Waals surface area contributed by atoms with Crippen molar-refractivity contribution >= 4 is 5.91 Å². The Labute approximate surface area is 95.6 Å². The molecule has 2 rings (SSSR count). The predicted molar refractivity (Wildman–Crippen MR) is 61.7 cm³/mol. The second kappa shape index (κ2) is 4.22. The summed E-state index contributed by atoms with van der Waals surface area (Å²) in [5.41, 5.74) is 3.60. The monoisotopic (exact) mass is 219 g/mol. The third-order valence-electron chi connectivity index (χ3n) is 3.06. The molecule has 0 bridgehead atoms. The maximum Gasteiger partial charge on any atom is 0.267 e. The Kier molecular flexibility index (Phi) is 2.92. The molecule has 0 aliphatic carbocycles. The summed E-state index contributed by atoms with van der Waals surface area (Å²) in [5.74, 6) is -0.0805. The van der Waals surface area contributed by atoms with E-state index in [1.165, 1.54) is 0 Å². The number of carbonyl (C=O) groups is 1. The standard InChI is InChI=1S/C12H17N3O/c1-12(2)6-4-8-15(12)14-11(16)10-5-3-7-13-9-10/h3,5,7,9H,4,6,8H2,1-2H3,(H,14,16). The minimum absolute atomic E-state index is 0.0534. The first kappa shape index (κ1) is 11.1. The average molecular weight is 219 g/mol. The summed E-state index contributed by atoms with van der Waals surface area (Å²) in [5, 5.41) is 2.02. The van der Waals surface area contributed by atoms with Gasteiger partial charge in [-0.15, -0.1) is 0 Å². The van der Waals surface area contributed by atoms with Crippen LogP contribution in [0.15, 0.2) is 24.5 Å². The zero-order valence-electron chi connectivity index (χ0n) is 9.73. The van der Waals surface area contributed by atoms with Crippen LogP contribution in [-0.2, 0) is 0 Å². The smallest absolute Gasteiger partial charge is 0.267 e. The zero-order chi connectivity index (χ0) is 11.6. The highest BCUT2D eigenvalue weighted by Gasteiger charge is 2.33. The largest absolute Gasteiger partial charge is 0.284 e. The number of hydrogen-bond acceptors (Lipinski definition) is 3. The van der Waals surface area contributed by atoms with Gasteiger partial charge >= 0.3 is 0 Å². The van der Waals surface area contributed by atoms with E-state index in [0.29, 0.717) is 5.56 Å². The van der Waals surface area contributed by atoms with Crippen LogP contribution >= 0.6 is 0 Å². The topological polar surface area (TPSA) is 45.2 Å². The molecule has 1 aromatic heterocycles. The van der Waals surface area contributed by atoms with Crippen LogP contribution in [0.25, 0.3) is 0 Å². The van der Waals surface area contributed by atoms with Crippen LogP contribution < -0.4 is 5.43 Å². The molecule has 16 heavy (non-hydrogen) atoms. The summed E-state index contributed by atoms with van der Waals surface area (Å²) in [4.78, 5) is 15.8. The van der Waals surface area contributed by atoms with Crippen molar-refractivity contribution in [3.63, 3.8) is 0 Å². The summed E-state index contributed by atoms with van der Waals surface area (Å²) in [6, 6.07) is 3.54. The molecule has 86 valence electrons. The number of nitrogens with one attached hydrogen (secondary N) is 1. The van der Waals surface area contributed by atoms with Gasteiger partial charge in [0, 0.05) is 24.5 Å². The predicted octanol–water partition coefficient (Wildman–Crippen LogP) is 1.60. The highest BCUT2D eigenvalue weighted by molar-refractivity contribution is 5.93. The van der Waals surface area contributed by atoms with Gasteiger partial charge in [-0.25, -0.2) is 5.01 Å². The van der Waals surface area contributed by atoms with Gasteiger partial charge in [-0.1, -0.05) is 0 Å². The summed E-state index contributed by atoms with van der Waals surface area (Å²) < 4.78 is 0. The highest BCUT2D eigenvalue weighted by Crippen LogP contribution is 2.25. The highest BCUT2D eigenvalue weighted by atomic mass is 16.2. The van der Waals surface area contributed by atoms with E-state index in [2.05, 4.69) is 24.3 Å². The van der Waals surface area contributed by atoms with Crippen LogP contribution in [0.1, 0.15) is 37.0 Å². The van der Waals surface area contributed by atoms with Crippen LogP contribution in [0.3, 0.4) is 0 Å². The van der Waals surface area contributed by atoms with Crippen molar-refractivity contribution in [2.24, 2.45) is 0 Å². The van der Waals surface area contributed by atoms with Crippen LogP contribution in [0.2, 0.25) is 0 Å². The maximum absolute atomic E-state index is 11.9. The van der Waals surface area contributed by atoms with Crippen molar-refractivity contribution in [2.45, 2.75) is 32.2 Å². The van der Waals surface area contributed by atoms with Gasteiger partial charge in [0.25, 0.3) is 5.91 Å². The van der Waals surface area contributed by atoms with Gasteiger partial charge in [0.2, 0.25) is 0 Å². The molecular formula is C12H17N3O. The van der Waals surface area contributed by atoms with Crippen LogP contribution in [0, 0.1) is 0 Å². The van der Waals surface area contributed by atoms with Crippen molar-refractivity contribution in [1.82, 2.24) is 15.4 Å². The van der Waals surface area contributed by atoms with E-state index in [1.807, 2.05) is 5.01 Å². The Hall–Kier alpha value is -1.42. The Morgan fingerprint density at radius 2 is 2.38 bits per heavy atom. The van der Waals surface area contributed by atoms with Crippen LogP contribution in [0.5, 0.6) is 0 Å². The third-order valence-corrected chi connectivity index (χ3v) is 3.06. The second-order valence-electron chi connectivity index (χ2n) is 4.75. The number of pyridine rings is 1. The van der Waals surface area contributed by atoms with E-state index in [4.69, 9.17) is 0 Å². The lowest BCUT2D eigenvalue weighted by Crippen LogP contribution is -2.50. The Morgan fingerprint density at radius 1 is 1.56 bits per heavy atom. The van der Waals surface area contributed by atoms with E-state index in [0.717, 1.165) is 19.4 Å². The van der Waals surface area contributed by atoms with Crippen LogP contribution in [-0.4, -0.2) is 28.0 Å². The van der Waals surface area contributed by atoms with Crippen LogP contribution in [0.4, 0.5) is 0 Å². The van der Waals surface area contributed by atoms with Crippen molar-refractivity contribution in [3.8, 4) is 0 Å². The first-order chi connectivity index (χ1) is 7.59. The SMILES string of the molecule is CC1(C)CCCN1NC(=O)c1cccnc1. The quantitative estimate of drug-likeness (QED) is 0.821. The molecule has 0 unspecified atom stereocenters. The fraction of sp³-hybridized carbons (Fsp3) is 0.500. The fourth-order valence-corrected chi connectivity index (χ4v) is 2.00. The molecule has 0 aromatic carbocycles. The molecule has 0 radical (unpaired) electrons. The molecule has 4 nitrogen and oxygen atoms in total. The number of hydrazine groups is 1. The lowest BCUT2D eigenvalue weighted by molar-refractivity contribution is 0.0636. The van der Waals surface area contributed by atoms with Gasteiger partial charge in [0.15, 0.2) is 0 Å². The molecule has 1 amide bonds. The molecule has 1 aliphatic heterocycles.